The molecule has 1 saturated heterocycles. The molecule has 1 aliphatic rings. The Balaban J connectivity index is 1.69. The number of amides is 1. The van der Waals surface area contributed by atoms with Gasteiger partial charge in [0.05, 0.1) is 7.11 Å². The fraction of sp³-hybridized carbons (Fsp3) is 0.348. The summed E-state index contributed by atoms with van der Waals surface area (Å²) >= 11 is 1.70. The molecule has 0 saturated carbocycles. The molecular formula is C23H27NO3S. The van der Waals surface area contributed by atoms with Crippen LogP contribution in [0.4, 0.5) is 0 Å². The summed E-state index contributed by atoms with van der Waals surface area (Å²) in [4.78, 5) is 13.7. The van der Waals surface area contributed by atoms with Crippen LogP contribution in [-0.2, 0) is 14.9 Å². The lowest BCUT2D eigenvalue weighted by Gasteiger charge is -2.38. The maximum Gasteiger partial charge on any atom is 0.244 e. The quantitative estimate of drug-likeness (QED) is 0.559. The second-order valence-electron chi connectivity index (χ2n) is 6.92. The molecule has 0 atom stereocenters. The zero-order valence-corrected chi connectivity index (χ0v) is 17.3. The van der Waals surface area contributed by atoms with Gasteiger partial charge in [-0.2, -0.15) is 0 Å². The average molecular weight is 398 g/mol. The molecule has 0 spiro atoms. The number of rotatable bonds is 7. The van der Waals surface area contributed by atoms with Gasteiger partial charge in [-0.3, -0.25) is 4.79 Å². The highest BCUT2D eigenvalue weighted by Crippen LogP contribution is 2.39. The Kier molecular flexibility index (Phi) is 7.18. The Morgan fingerprint density at radius 2 is 1.89 bits per heavy atom. The van der Waals surface area contributed by atoms with Gasteiger partial charge in [0.2, 0.25) is 5.91 Å². The van der Waals surface area contributed by atoms with Crippen molar-refractivity contribution in [2.75, 3.05) is 33.1 Å². The number of hydrogen-bond acceptors (Lipinski definition) is 4. The van der Waals surface area contributed by atoms with Crippen LogP contribution in [0.1, 0.15) is 24.0 Å². The highest BCUT2D eigenvalue weighted by Gasteiger charge is 2.36. The van der Waals surface area contributed by atoms with Crippen molar-refractivity contribution in [2.24, 2.45) is 0 Å². The lowest BCUT2D eigenvalue weighted by molar-refractivity contribution is -0.116. The summed E-state index contributed by atoms with van der Waals surface area (Å²) in [7, 11) is 1.69. The maximum atomic E-state index is 12.4. The zero-order valence-electron chi connectivity index (χ0n) is 16.4. The molecule has 1 heterocycles. The van der Waals surface area contributed by atoms with Crippen LogP contribution in [-0.4, -0.2) is 39.0 Å². The van der Waals surface area contributed by atoms with Crippen molar-refractivity contribution in [3.8, 4) is 5.75 Å². The van der Waals surface area contributed by atoms with Crippen molar-refractivity contribution in [3.05, 3.63) is 65.7 Å². The van der Waals surface area contributed by atoms with E-state index in [-0.39, 0.29) is 11.3 Å². The number of hydrogen-bond donors (Lipinski definition) is 1. The maximum absolute atomic E-state index is 12.4. The largest absolute Gasteiger partial charge is 0.496 e. The first-order valence-corrected chi connectivity index (χ1v) is 10.7. The molecule has 3 rings (SSSR count). The van der Waals surface area contributed by atoms with Crippen LogP contribution in [0.5, 0.6) is 5.75 Å². The SMILES string of the molecule is COc1ccccc1C1(CNC(=O)/C=C/c2ccc(SC)cc2)CCOCC1. The molecule has 1 amide bonds. The number of ether oxygens (including phenoxy) is 2. The number of nitrogens with one attached hydrogen (secondary N) is 1. The molecule has 4 nitrogen and oxygen atoms in total. The van der Waals surface area contributed by atoms with Gasteiger partial charge < -0.3 is 14.8 Å². The van der Waals surface area contributed by atoms with Crippen LogP contribution in [0.25, 0.3) is 6.08 Å². The predicted octanol–water partition coefficient (Wildman–Crippen LogP) is 4.29. The van der Waals surface area contributed by atoms with E-state index in [9.17, 15) is 4.79 Å². The van der Waals surface area contributed by atoms with E-state index >= 15 is 0 Å². The number of carbonyl (C=O) groups excluding carboxylic acids is 1. The lowest BCUT2D eigenvalue weighted by atomic mass is 9.73. The van der Waals surface area contributed by atoms with Crippen molar-refractivity contribution in [1.29, 1.82) is 0 Å². The van der Waals surface area contributed by atoms with Crippen LogP contribution in [0.3, 0.4) is 0 Å². The molecule has 2 aromatic carbocycles. The monoisotopic (exact) mass is 397 g/mol. The third-order valence-electron chi connectivity index (χ3n) is 5.27. The van der Waals surface area contributed by atoms with Crippen LogP contribution in [0.15, 0.2) is 59.5 Å². The number of para-hydroxylation sites is 1. The van der Waals surface area contributed by atoms with E-state index in [0.717, 1.165) is 29.7 Å². The molecule has 148 valence electrons. The first-order chi connectivity index (χ1) is 13.7. The minimum atomic E-state index is -0.172. The molecule has 1 N–H and O–H groups in total. The number of thioether (sulfide) groups is 1. The van der Waals surface area contributed by atoms with Gasteiger partial charge >= 0.3 is 0 Å². The summed E-state index contributed by atoms with van der Waals surface area (Å²) in [5, 5.41) is 3.09. The Morgan fingerprint density at radius 1 is 1.18 bits per heavy atom. The Hall–Kier alpha value is -2.24. The summed E-state index contributed by atoms with van der Waals surface area (Å²) < 4.78 is 11.2. The summed E-state index contributed by atoms with van der Waals surface area (Å²) in [5.41, 5.74) is 1.98. The standard InChI is InChI=1S/C23H27NO3S/c1-26-21-6-4-3-5-20(21)23(13-15-27-16-14-23)17-24-22(25)12-9-18-7-10-19(28-2)11-8-18/h3-12H,13-17H2,1-2H3,(H,24,25)/b12-9+. The van der Waals surface area contributed by atoms with Crippen molar-refractivity contribution in [1.82, 2.24) is 5.32 Å². The molecule has 2 aromatic rings. The van der Waals surface area contributed by atoms with E-state index in [2.05, 4.69) is 23.5 Å². The summed E-state index contributed by atoms with van der Waals surface area (Å²) in [6.07, 6.45) is 7.20. The van der Waals surface area contributed by atoms with E-state index < -0.39 is 0 Å². The Labute approximate surface area is 171 Å². The molecular weight excluding hydrogens is 370 g/mol. The molecule has 0 bridgehead atoms. The summed E-state index contributed by atoms with van der Waals surface area (Å²) in [5.74, 6) is 0.776. The van der Waals surface area contributed by atoms with Gasteiger partial charge in [0.25, 0.3) is 0 Å². The van der Waals surface area contributed by atoms with E-state index in [0.29, 0.717) is 19.8 Å². The van der Waals surface area contributed by atoms with Crippen molar-refractivity contribution < 1.29 is 14.3 Å². The van der Waals surface area contributed by atoms with Crippen molar-refractivity contribution >= 4 is 23.7 Å². The first-order valence-electron chi connectivity index (χ1n) is 9.48. The van der Waals surface area contributed by atoms with Gasteiger partial charge in [-0.25, -0.2) is 0 Å². The van der Waals surface area contributed by atoms with E-state index in [1.54, 1.807) is 24.9 Å². The zero-order chi connectivity index (χ0) is 19.8. The van der Waals surface area contributed by atoms with Crippen molar-refractivity contribution in [3.63, 3.8) is 0 Å². The Morgan fingerprint density at radius 3 is 2.57 bits per heavy atom. The minimum Gasteiger partial charge on any atom is -0.496 e. The lowest BCUT2D eigenvalue weighted by Crippen LogP contribution is -2.44. The number of methoxy groups -OCH3 is 1. The fourth-order valence-corrected chi connectivity index (χ4v) is 4.00. The van der Waals surface area contributed by atoms with Gasteiger partial charge in [-0.05, 0) is 48.9 Å². The highest BCUT2D eigenvalue weighted by molar-refractivity contribution is 7.98. The number of benzene rings is 2. The van der Waals surface area contributed by atoms with E-state index in [1.165, 1.54) is 4.90 Å². The Bertz CT molecular complexity index is 811. The van der Waals surface area contributed by atoms with Gasteiger partial charge in [-0.15, -0.1) is 11.8 Å². The molecule has 0 unspecified atom stereocenters. The van der Waals surface area contributed by atoms with Gasteiger partial charge in [-0.1, -0.05) is 30.3 Å². The molecule has 0 radical (unpaired) electrons. The predicted molar refractivity (Wildman–Crippen MR) is 115 cm³/mol. The van der Waals surface area contributed by atoms with Crippen LogP contribution in [0.2, 0.25) is 0 Å². The minimum absolute atomic E-state index is 0.0882. The molecule has 0 aliphatic carbocycles. The molecule has 1 fully saturated rings. The molecule has 0 aromatic heterocycles. The van der Waals surface area contributed by atoms with E-state index in [1.807, 2.05) is 42.7 Å². The summed E-state index contributed by atoms with van der Waals surface area (Å²) in [6, 6.07) is 16.2. The normalized spacial score (nSPS) is 16.1. The topological polar surface area (TPSA) is 47.6 Å². The molecule has 1 aliphatic heterocycles. The van der Waals surface area contributed by atoms with Crippen LogP contribution >= 0.6 is 11.8 Å². The first kappa shape index (κ1) is 20.5. The fourth-order valence-electron chi connectivity index (χ4n) is 3.59. The van der Waals surface area contributed by atoms with Crippen LogP contribution < -0.4 is 10.1 Å². The average Bonchev–Trinajstić information content (AvgIpc) is 2.77. The number of carbonyl (C=O) groups is 1. The third kappa shape index (κ3) is 4.97. The van der Waals surface area contributed by atoms with Gasteiger partial charge in [0.1, 0.15) is 5.75 Å². The van der Waals surface area contributed by atoms with E-state index in [4.69, 9.17) is 9.47 Å². The van der Waals surface area contributed by atoms with Crippen LogP contribution in [0, 0.1) is 0 Å². The third-order valence-corrected chi connectivity index (χ3v) is 6.02. The van der Waals surface area contributed by atoms with Gasteiger partial charge in [0.15, 0.2) is 0 Å². The van der Waals surface area contributed by atoms with Gasteiger partial charge in [0, 0.05) is 41.7 Å². The molecule has 5 heteroatoms. The highest BCUT2D eigenvalue weighted by atomic mass is 32.2. The summed E-state index contributed by atoms with van der Waals surface area (Å²) in [6.45, 7) is 1.93. The second kappa shape index (κ2) is 9.80. The smallest absolute Gasteiger partial charge is 0.244 e. The van der Waals surface area contributed by atoms with Crippen molar-refractivity contribution in [2.45, 2.75) is 23.2 Å². The second-order valence-corrected chi connectivity index (χ2v) is 7.80. The molecule has 28 heavy (non-hydrogen) atoms.